The summed E-state index contributed by atoms with van der Waals surface area (Å²) in [5.74, 6) is -0.716. The molecule has 0 saturated heterocycles. The molecule has 0 bridgehead atoms. The fraction of sp³-hybridized carbons (Fsp3) is 0.273. The van der Waals surface area contributed by atoms with Gasteiger partial charge in [0.15, 0.2) is 6.23 Å². The van der Waals surface area contributed by atoms with E-state index in [9.17, 15) is 14.7 Å². The van der Waals surface area contributed by atoms with Gasteiger partial charge in [-0.25, -0.2) is 4.79 Å². The van der Waals surface area contributed by atoms with Crippen LogP contribution < -0.4 is 4.74 Å². The van der Waals surface area contributed by atoms with Crippen LogP contribution in [0.4, 0.5) is 0 Å². The van der Waals surface area contributed by atoms with Crippen molar-refractivity contribution < 1.29 is 24.2 Å². The van der Waals surface area contributed by atoms with E-state index in [-0.39, 0.29) is 30.1 Å². The van der Waals surface area contributed by atoms with Crippen molar-refractivity contribution in [2.45, 2.75) is 31.9 Å². The van der Waals surface area contributed by atoms with Crippen LogP contribution in [0.15, 0.2) is 60.3 Å². The molecule has 2 aliphatic heterocycles. The molecule has 0 unspecified atom stereocenters. The normalized spacial score (nSPS) is 22.6. The maximum absolute atomic E-state index is 12.8. The van der Waals surface area contributed by atoms with E-state index < -0.39 is 12.2 Å². The number of carbonyl (C=O) groups is 2. The summed E-state index contributed by atoms with van der Waals surface area (Å²) in [7, 11) is 0. The van der Waals surface area contributed by atoms with Crippen molar-refractivity contribution in [2.75, 3.05) is 6.61 Å². The first-order valence-corrected chi connectivity index (χ1v) is 9.23. The number of fused-ring (bicyclic) bond motifs is 3. The van der Waals surface area contributed by atoms with Crippen LogP contribution >= 0.6 is 0 Å². The molecule has 6 heteroatoms. The summed E-state index contributed by atoms with van der Waals surface area (Å²) in [5, 5.41) is 10.0. The molecular formula is C22H21NO5. The number of phenols is 1. The minimum atomic E-state index is -0.599. The molecule has 3 atom stereocenters. The zero-order valence-corrected chi connectivity index (χ0v) is 15.7. The standard InChI is InChI=1S/C22H21NO5/c1-3-27-22(26)17-12-23(13(2)24)21-20(19(17)14-7-5-4-6-8-14)16-11-15(25)9-10-18(16)28-21/h4-12,19-21,25H,3H2,1-2H3/t19-,20+,21+/m0/s1. The van der Waals surface area contributed by atoms with Gasteiger partial charge in [-0.05, 0) is 30.7 Å². The van der Waals surface area contributed by atoms with Crippen molar-refractivity contribution >= 4 is 11.9 Å². The van der Waals surface area contributed by atoms with Gasteiger partial charge in [-0.2, -0.15) is 0 Å². The minimum absolute atomic E-state index is 0.108. The number of nitrogens with zero attached hydrogens (tertiary/aromatic N) is 1. The first-order valence-electron chi connectivity index (χ1n) is 9.23. The van der Waals surface area contributed by atoms with Crippen LogP contribution in [-0.4, -0.2) is 34.7 Å². The van der Waals surface area contributed by atoms with Crippen molar-refractivity contribution in [1.82, 2.24) is 4.90 Å². The Hall–Kier alpha value is -3.28. The number of aromatic hydroxyl groups is 1. The van der Waals surface area contributed by atoms with Crippen LogP contribution in [0, 0.1) is 0 Å². The third-order valence-electron chi connectivity index (χ3n) is 5.19. The van der Waals surface area contributed by atoms with Crippen molar-refractivity contribution in [1.29, 1.82) is 0 Å². The van der Waals surface area contributed by atoms with E-state index in [1.165, 1.54) is 11.8 Å². The van der Waals surface area contributed by atoms with Gasteiger partial charge in [0.1, 0.15) is 11.5 Å². The predicted octanol–water partition coefficient (Wildman–Crippen LogP) is 3.29. The second kappa shape index (κ2) is 7.03. The van der Waals surface area contributed by atoms with Crippen molar-refractivity contribution in [2.24, 2.45) is 0 Å². The lowest BCUT2D eigenvalue weighted by molar-refractivity contribution is -0.140. The molecule has 6 nitrogen and oxygen atoms in total. The number of ether oxygens (including phenoxy) is 2. The molecule has 2 aliphatic rings. The lowest BCUT2D eigenvalue weighted by Gasteiger charge is -2.39. The van der Waals surface area contributed by atoms with Gasteiger partial charge in [-0.1, -0.05) is 30.3 Å². The first kappa shape index (κ1) is 18.1. The van der Waals surface area contributed by atoms with Gasteiger partial charge in [0.25, 0.3) is 0 Å². The molecule has 1 amide bonds. The Labute approximate surface area is 163 Å². The number of amides is 1. The van der Waals surface area contributed by atoms with E-state index in [0.717, 1.165) is 11.1 Å². The molecule has 1 N–H and O–H groups in total. The zero-order valence-electron chi connectivity index (χ0n) is 15.7. The third kappa shape index (κ3) is 2.91. The van der Waals surface area contributed by atoms with Crippen LogP contribution in [0.1, 0.15) is 36.8 Å². The van der Waals surface area contributed by atoms with Crippen LogP contribution in [0.5, 0.6) is 11.5 Å². The topological polar surface area (TPSA) is 76.1 Å². The molecule has 2 heterocycles. The fourth-order valence-corrected chi connectivity index (χ4v) is 4.04. The molecule has 0 spiro atoms. The lowest BCUT2D eigenvalue weighted by atomic mass is 9.74. The maximum Gasteiger partial charge on any atom is 0.336 e. The van der Waals surface area contributed by atoms with Crippen molar-refractivity contribution in [3.05, 3.63) is 71.4 Å². The molecule has 0 fully saturated rings. The van der Waals surface area contributed by atoms with Crippen LogP contribution in [-0.2, 0) is 14.3 Å². The van der Waals surface area contributed by atoms with Crippen molar-refractivity contribution in [3.8, 4) is 11.5 Å². The highest BCUT2D eigenvalue weighted by atomic mass is 16.5. The fourth-order valence-electron chi connectivity index (χ4n) is 4.04. The number of esters is 1. The van der Waals surface area contributed by atoms with E-state index >= 15 is 0 Å². The lowest BCUT2D eigenvalue weighted by Crippen LogP contribution is -2.46. The van der Waals surface area contributed by atoms with Gasteiger partial charge in [-0.3, -0.25) is 9.69 Å². The Morgan fingerprint density at radius 1 is 1.18 bits per heavy atom. The molecule has 0 aliphatic carbocycles. The molecule has 0 saturated carbocycles. The van der Waals surface area contributed by atoms with Crippen molar-refractivity contribution in [3.63, 3.8) is 0 Å². The summed E-state index contributed by atoms with van der Waals surface area (Å²) in [6, 6.07) is 14.5. The van der Waals surface area contributed by atoms with Crippen LogP contribution in [0.2, 0.25) is 0 Å². The number of benzene rings is 2. The van der Waals surface area contributed by atoms with E-state index in [4.69, 9.17) is 9.47 Å². The van der Waals surface area contributed by atoms with Gasteiger partial charge in [0, 0.05) is 24.6 Å². The maximum atomic E-state index is 12.8. The summed E-state index contributed by atoms with van der Waals surface area (Å²) in [6.07, 6.45) is 0.947. The number of phenolic OH excluding ortho intramolecular Hbond substituents is 1. The molecule has 144 valence electrons. The molecule has 0 radical (unpaired) electrons. The number of hydrogen-bond donors (Lipinski definition) is 1. The average Bonchev–Trinajstić information content (AvgIpc) is 3.06. The molecule has 2 aromatic rings. The zero-order chi connectivity index (χ0) is 19.8. The Balaban J connectivity index is 1.92. The Morgan fingerprint density at radius 2 is 1.93 bits per heavy atom. The third-order valence-corrected chi connectivity index (χ3v) is 5.19. The summed E-state index contributed by atoms with van der Waals surface area (Å²) in [5.41, 5.74) is 2.07. The summed E-state index contributed by atoms with van der Waals surface area (Å²) >= 11 is 0. The van der Waals surface area contributed by atoms with Gasteiger partial charge in [-0.15, -0.1) is 0 Å². The highest BCUT2D eigenvalue weighted by Crippen LogP contribution is 2.53. The van der Waals surface area contributed by atoms with Crippen LogP contribution in [0.25, 0.3) is 0 Å². The molecule has 0 aromatic heterocycles. The highest BCUT2D eigenvalue weighted by Gasteiger charge is 2.50. The summed E-state index contributed by atoms with van der Waals surface area (Å²) in [6.45, 7) is 3.42. The van der Waals surface area contributed by atoms with Gasteiger partial charge in [0.2, 0.25) is 5.91 Å². The molecule has 4 rings (SSSR count). The Morgan fingerprint density at radius 3 is 2.61 bits per heavy atom. The second-order valence-electron chi connectivity index (χ2n) is 6.88. The van der Waals surface area contributed by atoms with Crippen LogP contribution in [0.3, 0.4) is 0 Å². The quantitative estimate of drug-likeness (QED) is 0.829. The van der Waals surface area contributed by atoms with E-state index in [0.29, 0.717) is 11.3 Å². The van der Waals surface area contributed by atoms with Gasteiger partial charge < -0.3 is 14.6 Å². The largest absolute Gasteiger partial charge is 0.508 e. The average molecular weight is 379 g/mol. The SMILES string of the molecule is CCOC(=O)C1=CN(C(C)=O)[C@@H]2Oc3ccc(O)cc3[C@@H]2[C@H]1c1ccccc1. The van der Waals surface area contributed by atoms with Gasteiger partial charge in [0.05, 0.1) is 18.1 Å². The van der Waals surface area contributed by atoms with E-state index in [2.05, 4.69) is 0 Å². The number of hydrogen-bond acceptors (Lipinski definition) is 5. The number of rotatable bonds is 3. The summed E-state index contributed by atoms with van der Waals surface area (Å²) in [4.78, 5) is 26.6. The second-order valence-corrected chi connectivity index (χ2v) is 6.88. The Bertz CT molecular complexity index is 953. The predicted molar refractivity (Wildman–Crippen MR) is 102 cm³/mol. The Kier molecular flexibility index (Phi) is 4.55. The highest BCUT2D eigenvalue weighted by molar-refractivity contribution is 5.92. The number of carbonyl (C=O) groups excluding carboxylic acids is 2. The molecule has 28 heavy (non-hydrogen) atoms. The van der Waals surface area contributed by atoms with E-state index in [1.807, 2.05) is 30.3 Å². The monoisotopic (exact) mass is 379 g/mol. The minimum Gasteiger partial charge on any atom is -0.508 e. The van der Waals surface area contributed by atoms with Gasteiger partial charge >= 0.3 is 5.97 Å². The molecule has 2 aromatic carbocycles. The molecular weight excluding hydrogens is 358 g/mol. The first-order chi connectivity index (χ1) is 13.5. The van der Waals surface area contributed by atoms with E-state index in [1.54, 1.807) is 31.3 Å². The smallest absolute Gasteiger partial charge is 0.336 e. The summed E-state index contributed by atoms with van der Waals surface area (Å²) < 4.78 is 11.4.